The molecule has 1 aliphatic carbocycles. The van der Waals surface area contributed by atoms with Crippen LogP contribution in [0.15, 0.2) is 59.5 Å². The Balaban J connectivity index is 1.20. The van der Waals surface area contributed by atoms with Crippen molar-refractivity contribution in [3.05, 3.63) is 87.8 Å². The number of ketones is 1. The average molecular weight is 806 g/mol. The molecule has 2 unspecified atom stereocenters. The van der Waals surface area contributed by atoms with Gasteiger partial charge in [-0.3, -0.25) is 19.1 Å². The van der Waals surface area contributed by atoms with Crippen molar-refractivity contribution in [1.82, 2.24) is 34.6 Å². The second-order valence-electron chi connectivity index (χ2n) is 15.4. The van der Waals surface area contributed by atoms with Crippen LogP contribution in [0.3, 0.4) is 0 Å². The fraction of sp³-hybridized carbons (Fsp3) is 0.429. The Morgan fingerprint density at radius 2 is 1.73 bits per heavy atom. The highest BCUT2D eigenvalue weighted by molar-refractivity contribution is 9.10. The van der Waals surface area contributed by atoms with Gasteiger partial charge in [0.2, 0.25) is 17.7 Å². The number of aromatic nitrogens is 6. The molecule has 0 radical (unpaired) electrons. The van der Waals surface area contributed by atoms with Crippen LogP contribution in [0.5, 0.6) is 5.88 Å². The predicted octanol–water partition coefficient (Wildman–Crippen LogP) is 7.24. The number of halogens is 1. The second-order valence-corrected chi connectivity index (χ2v) is 16.2. The van der Waals surface area contributed by atoms with Crippen LogP contribution in [-0.2, 0) is 29.0 Å². The van der Waals surface area contributed by atoms with Gasteiger partial charge < -0.3 is 15.0 Å². The number of Topliss-reactive ketones (excluding diaryl/α,β-unsaturated/α-hetero) is 1. The molecule has 2 fully saturated rings. The molecule has 8 rings (SSSR count). The van der Waals surface area contributed by atoms with Gasteiger partial charge >= 0.3 is 0 Å². The number of carbonyl (C=O) groups excluding carboxylic acids is 3. The number of hydrogen-bond acceptors (Lipinski definition) is 9. The van der Waals surface area contributed by atoms with Crippen LogP contribution >= 0.6 is 15.9 Å². The van der Waals surface area contributed by atoms with E-state index < -0.39 is 11.5 Å². The van der Waals surface area contributed by atoms with Gasteiger partial charge in [-0.15, -0.1) is 0 Å². The highest BCUT2D eigenvalue weighted by Gasteiger charge is 2.73. The molecule has 4 aromatic heterocycles. The van der Waals surface area contributed by atoms with Crippen LogP contribution in [0.25, 0.3) is 22.0 Å². The van der Waals surface area contributed by atoms with Crippen molar-refractivity contribution >= 4 is 50.2 Å². The van der Waals surface area contributed by atoms with E-state index in [0.29, 0.717) is 46.2 Å². The first-order valence-electron chi connectivity index (χ1n) is 19.2. The second kappa shape index (κ2) is 14.9. The van der Waals surface area contributed by atoms with Gasteiger partial charge in [-0.05, 0) is 109 Å². The van der Waals surface area contributed by atoms with Crippen LogP contribution < -0.4 is 10.1 Å². The minimum atomic E-state index is -0.771. The molecule has 1 saturated heterocycles. The summed E-state index contributed by atoms with van der Waals surface area (Å²) in [6.45, 7) is 7.55. The van der Waals surface area contributed by atoms with Gasteiger partial charge in [0.15, 0.2) is 5.78 Å². The van der Waals surface area contributed by atoms with Crippen molar-refractivity contribution in [2.24, 2.45) is 11.3 Å². The first kappa shape index (κ1) is 36.9. The molecule has 4 atom stereocenters. The van der Waals surface area contributed by atoms with Gasteiger partial charge in [-0.25, -0.2) is 19.9 Å². The van der Waals surface area contributed by atoms with E-state index in [1.54, 1.807) is 22.0 Å². The zero-order chi connectivity index (χ0) is 38.4. The van der Waals surface area contributed by atoms with Gasteiger partial charge in [-0.1, -0.05) is 38.3 Å². The Morgan fingerprint density at radius 3 is 2.51 bits per heavy atom. The molecule has 5 aromatic rings. The Hall–Kier alpha value is -5.04. The summed E-state index contributed by atoms with van der Waals surface area (Å²) in [5.41, 5.74) is 5.17. The molecule has 1 N–H and O–H groups in total. The molecule has 2 amide bonds. The summed E-state index contributed by atoms with van der Waals surface area (Å²) in [5, 5.41) is 8.53. The first-order chi connectivity index (χ1) is 26.5. The summed E-state index contributed by atoms with van der Waals surface area (Å²) in [4.78, 5) is 62.2. The van der Waals surface area contributed by atoms with Crippen molar-refractivity contribution in [2.75, 3.05) is 11.9 Å². The number of hydrogen-bond donors (Lipinski definition) is 1. The molecule has 55 heavy (non-hydrogen) atoms. The minimum absolute atomic E-state index is 0.0838. The number of amides is 2. The maximum Gasteiger partial charge on any atom is 0.248 e. The number of fused-ring (bicyclic) bond motifs is 2. The highest BCUT2D eigenvalue weighted by Crippen LogP contribution is 2.64. The Morgan fingerprint density at radius 1 is 0.964 bits per heavy atom. The molecular formula is C42H45BrN8O4. The largest absolute Gasteiger partial charge is 0.477 e. The van der Waals surface area contributed by atoms with Crippen molar-refractivity contribution in [2.45, 2.75) is 97.7 Å². The van der Waals surface area contributed by atoms with Crippen molar-refractivity contribution in [1.29, 1.82) is 0 Å². The van der Waals surface area contributed by atoms with Crippen LogP contribution in [0.4, 0.5) is 5.82 Å². The zero-order valence-corrected chi connectivity index (χ0v) is 33.2. The number of benzene rings is 1. The number of carbonyl (C=O) groups is 3. The van der Waals surface area contributed by atoms with Gasteiger partial charge in [-0.2, -0.15) is 5.10 Å². The van der Waals surface area contributed by atoms with Crippen LogP contribution in [-0.4, -0.2) is 70.9 Å². The van der Waals surface area contributed by atoms with Crippen LogP contribution in [0.2, 0.25) is 0 Å². The number of nitrogens with one attached hydrogen (secondary N) is 1. The van der Waals surface area contributed by atoms with Gasteiger partial charge in [0.25, 0.3) is 0 Å². The average Bonchev–Trinajstić information content (AvgIpc) is 3.42. The van der Waals surface area contributed by atoms with Crippen molar-refractivity contribution < 1.29 is 19.1 Å². The van der Waals surface area contributed by atoms with Crippen molar-refractivity contribution in [3.8, 4) is 17.0 Å². The van der Waals surface area contributed by atoms with E-state index >= 15 is 0 Å². The van der Waals surface area contributed by atoms with Crippen LogP contribution in [0, 0.1) is 25.2 Å². The summed E-state index contributed by atoms with van der Waals surface area (Å²) >= 11 is 3.42. The monoisotopic (exact) mass is 804 g/mol. The lowest BCUT2D eigenvalue weighted by atomic mass is 9.96. The molecule has 12 nitrogen and oxygen atoms in total. The third kappa shape index (κ3) is 7.14. The Labute approximate surface area is 328 Å². The molecule has 0 spiro atoms. The van der Waals surface area contributed by atoms with E-state index in [2.05, 4.69) is 49.2 Å². The third-order valence-electron chi connectivity index (χ3n) is 11.8. The molecule has 3 aliphatic rings. The fourth-order valence-corrected chi connectivity index (χ4v) is 9.04. The number of pyridine rings is 2. The number of anilines is 1. The Kier molecular flexibility index (Phi) is 9.99. The summed E-state index contributed by atoms with van der Waals surface area (Å²) in [6, 6.07) is 12.7. The van der Waals surface area contributed by atoms with Gasteiger partial charge in [0, 0.05) is 53.5 Å². The molecule has 284 valence electrons. The SMILES string of the molecule is CC(=O)c1nn2c3c(cc(-c4cnc(C)nc4)cc13)CCCCCCCc1cccc(n1)OC[C@@]13C[C@@H](C(=O)Nc4nc(Br)ccc4C)N(C(=O)C2)C1C3C. The van der Waals surface area contributed by atoms with E-state index in [1.807, 2.05) is 50.2 Å². The van der Waals surface area contributed by atoms with Crippen molar-refractivity contribution in [3.63, 3.8) is 0 Å². The minimum Gasteiger partial charge on any atom is -0.477 e. The number of rotatable bonds is 4. The zero-order valence-electron chi connectivity index (χ0n) is 31.6. The normalized spacial score (nSPS) is 22.8. The summed E-state index contributed by atoms with van der Waals surface area (Å²) < 4.78 is 8.69. The first-order valence-corrected chi connectivity index (χ1v) is 20.0. The maximum absolute atomic E-state index is 14.8. The molecular weight excluding hydrogens is 760 g/mol. The smallest absolute Gasteiger partial charge is 0.248 e. The molecule has 2 aliphatic heterocycles. The summed E-state index contributed by atoms with van der Waals surface area (Å²) in [5.74, 6) is 1.01. The van der Waals surface area contributed by atoms with E-state index in [4.69, 9.17) is 14.8 Å². The molecule has 4 bridgehead atoms. The predicted molar refractivity (Wildman–Crippen MR) is 212 cm³/mol. The van der Waals surface area contributed by atoms with Gasteiger partial charge in [0.1, 0.15) is 34.5 Å². The van der Waals surface area contributed by atoms with E-state index in [9.17, 15) is 14.4 Å². The lowest BCUT2D eigenvalue weighted by Gasteiger charge is -2.28. The number of ether oxygens (including phenoxy) is 1. The van der Waals surface area contributed by atoms with Gasteiger partial charge in [0.05, 0.1) is 12.1 Å². The number of piperidine rings is 1. The summed E-state index contributed by atoms with van der Waals surface area (Å²) in [6.07, 6.45) is 10.8. The highest BCUT2D eigenvalue weighted by atomic mass is 79.9. The lowest BCUT2D eigenvalue weighted by Crippen LogP contribution is -2.47. The Bertz CT molecular complexity index is 2310. The quantitative estimate of drug-likeness (QED) is 0.147. The van der Waals surface area contributed by atoms with E-state index in [0.717, 1.165) is 78.4 Å². The molecule has 6 heterocycles. The third-order valence-corrected chi connectivity index (χ3v) is 12.2. The number of aryl methyl sites for hydroxylation is 4. The van der Waals surface area contributed by atoms with E-state index in [-0.39, 0.29) is 36.1 Å². The molecule has 1 aromatic carbocycles. The molecule has 1 saturated carbocycles. The summed E-state index contributed by atoms with van der Waals surface area (Å²) in [7, 11) is 0. The van der Waals surface area contributed by atoms with Crippen LogP contribution in [0.1, 0.15) is 85.5 Å². The molecule has 13 heteroatoms. The topological polar surface area (TPSA) is 145 Å². The fourth-order valence-electron chi connectivity index (χ4n) is 8.73. The standard InChI is InChI=1S/C42H45BrN8O4/c1-24-15-16-34(43)47-40(24)48-41(54)33-19-42-23-55-35-14-10-13-31(46-35)12-9-7-5-6-8-11-28-17-29(30-20-44-27(4)45-21-30)18-32-37(26(3)52)49-50(38(28)32)22-36(53)51(33)39(42)25(42)2/h10,13-18,20-21,25,33,39H,5-9,11-12,19,22-23H2,1-4H3,(H,47,48,54)/t25?,33-,39?,42+/m0/s1. The number of nitrogens with zero attached hydrogens (tertiary/aromatic N) is 7. The maximum atomic E-state index is 14.8. The van der Waals surface area contributed by atoms with E-state index in [1.165, 1.54) is 6.92 Å². The lowest BCUT2D eigenvalue weighted by molar-refractivity contribution is -0.138.